The van der Waals surface area contributed by atoms with Crippen LogP contribution in [-0.2, 0) is 0 Å². The Morgan fingerprint density at radius 2 is 2.13 bits per heavy atom. The van der Waals surface area contributed by atoms with Crippen molar-refractivity contribution in [2.75, 3.05) is 5.73 Å². The number of benzene rings is 1. The molecule has 2 aromatic rings. The van der Waals surface area contributed by atoms with Gasteiger partial charge in [-0.25, -0.2) is 4.98 Å². The van der Waals surface area contributed by atoms with Gasteiger partial charge in [-0.15, -0.1) is 11.3 Å². The minimum Gasteiger partial charge on any atom is -0.398 e. The Hall–Kier alpha value is -1.00. The molecule has 0 saturated carbocycles. The Morgan fingerprint density at radius 1 is 1.33 bits per heavy atom. The summed E-state index contributed by atoms with van der Waals surface area (Å²) in [4.78, 5) is 5.49. The predicted molar refractivity (Wildman–Crippen MR) is 66.6 cm³/mol. The number of aromatic nitrogens is 1. The summed E-state index contributed by atoms with van der Waals surface area (Å²) < 4.78 is 1.05. The second kappa shape index (κ2) is 4.24. The average Bonchev–Trinajstić information content (AvgIpc) is 2.59. The molecule has 2 N–H and O–H groups in total. The number of hydrogen-bond acceptors (Lipinski definition) is 4. The van der Waals surface area contributed by atoms with Crippen LogP contribution in [-0.4, -0.2) is 4.98 Å². The van der Waals surface area contributed by atoms with Crippen LogP contribution in [0.3, 0.4) is 0 Å². The van der Waals surface area contributed by atoms with Crippen LogP contribution in [0.5, 0.6) is 0 Å². The van der Waals surface area contributed by atoms with E-state index >= 15 is 0 Å². The molecule has 2 nitrogen and oxygen atoms in total. The van der Waals surface area contributed by atoms with Gasteiger partial charge in [-0.3, -0.25) is 0 Å². The van der Waals surface area contributed by atoms with Crippen molar-refractivity contribution >= 4 is 28.8 Å². The average molecular weight is 236 g/mol. The van der Waals surface area contributed by atoms with Crippen LogP contribution >= 0.6 is 23.1 Å². The van der Waals surface area contributed by atoms with Crippen LogP contribution in [0.15, 0.2) is 32.8 Å². The van der Waals surface area contributed by atoms with Crippen molar-refractivity contribution in [1.82, 2.24) is 4.98 Å². The third-order valence-electron chi connectivity index (χ3n) is 2.08. The molecule has 0 spiro atoms. The molecule has 0 radical (unpaired) electrons. The van der Waals surface area contributed by atoms with Gasteiger partial charge in [0.15, 0.2) is 4.34 Å². The molecule has 78 valence electrons. The highest BCUT2D eigenvalue weighted by Gasteiger charge is 2.06. The summed E-state index contributed by atoms with van der Waals surface area (Å²) in [5.41, 5.74) is 9.03. The van der Waals surface area contributed by atoms with Crippen LogP contribution in [0.4, 0.5) is 5.69 Å². The van der Waals surface area contributed by atoms with Gasteiger partial charge in [-0.05, 0) is 25.5 Å². The monoisotopic (exact) mass is 236 g/mol. The number of nitrogens with zero attached hydrogens (tertiary/aromatic N) is 1. The summed E-state index contributed by atoms with van der Waals surface area (Å²) in [5, 5.41) is 2.05. The first kappa shape index (κ1) is 10.5. The Kier molecular flexibility index (Phi) is 2.98. The standard InChI is InChI=1S/C11H12N2S2/c1-7-4-3-5-9(10(7)12)15-11-13-8(2)6-14-11/h3-6H,12H2,1-2H3. The van der Waals surface area contributed by atoms with Crippen molar-refractivity contribution in [3.05, 3.63) is 34.8 Å². The van der Waals surface area contributed by atoms with Crippen molar-refractivity contribution in [1.29, 1.82) is 0 Å². The van der Waals surface area contributed by atoms with Gasteiger partial charge in [0.2, 0.25) is 0 Å². The Bertz CT molecular complexity index is 477. The first-order chi connectivity index (χ1) is 7.16. The highest BCUT2D eigenvalue weighted by atomic mass is 32.2. The topological polar surface area (TPSA) is 38.9 Å². The molecule has 0 aliphatic rings. The fourth-order valence-electron chi connectivity index (χ4n) is 1.22. The van der Waals surface area contributed by atoms with Crippen molar-refractivity contribution in [2.45, 2.75) is 23.1 Å². The molecule has 15 heavy (non-hydrogen) atoms. The molecular weight excluding hydrogens is 224 g/mol. The van der Waals surface area contributed by atoms with Crippen LogP contribution < -0.4 is 5.73 Å². The van der Waals surface area contributed by atoms with E-state index < -0.39 is 0 Å². The first-order valence-corrected chi connectivity index (χ1v) is 6.31. The van der Waals surface area contributed by atoms with Crippen molar-refractivity contribution < 1.29 is 0 Å². The lowest BCUT2D eigenvalue weighted by Crippen LogP contribution is -1.91. The summed E-state index contributed by atoms with van der Waals surface area (Å²) >= 11 is 3.29. The number of aryl methyl sites for hydroxylation is 2. The van der Waals surface area contributed by atoms with E-state index in [9.17, 15) is 0 Å². The van der Waals surface area contributed by atoms with Gasteiger partial charge in [0.25, 0.3) is 0 Å². The highest BCUT2D eigenvalue weighted by Crippen LogP contribution is 2.34. The van der Waals surface area contributed by atoms with E-state index in [1.807, 2.05) is 37.4 Å². The molecule has 4 heteroatoms. The Labute approximate surface area is 97.5 Å². The molecule has 0 saturated heterocycles. The van der Waals surface area contributed by atoms with Crippen LogP contribution in [0.1, 0.15) is 11.3 Å². The summed E-state index contributed by atoms with van der Waals surface area (Å²) in [5.74, 6) is 0. The molecule has 1 aromatic heterocycles. The smallest absolute Gasteiger partial charge is 0.154 e. The third kappa shape index (κ3) is 2.33. The second-order valence-electron chi connectivity index (χ2n) is 3.34. The van der Waals surface area contributed by atoms with Crippen LogP contribution in [0, 0.1) is 13.8 Å². The zero-order chi connectivity index (χ0) is 10.8. The van der Waals surface area contributed by atoms with Gasteiger partial charge in [0.05, 0.1) is 0 Å². The van der Waals surface area contributed by atoms with E-state index in [4.69, 9.17) is 5.73 Å². The minimum atomic E-state index is 0.857. The molecule has 0 aliphatic heterocycles. The predicted octanol–water partition coefficient (Wildman–Crippen LogP) is 3.49. The van der Waals surface area contributed by atoms with Crippen LogP contribution in [0.25, 0.3) is 0 Å². The molecule has 1 heterocycles. The summed E-state index contributed by atoms with van der Waals surface area (Å²) in [6, 6.07) is 6.07. The molecular formula is C11H12N2S2. The molecule has 1 aromatic carbocycles. The second-order valence-corrected chi connectivity index (χ2v) is 5.49. The largest absolute Gasteiger partial charge is 0.398 e. The molecule has 2 rings (SSSR count). The number of thiazole rings is 1. The molecule has 0 bridgehead atoms. The number of anilines is 1. The number of nitrogens with two attached hydrogens (primary N) is 1. The van der Waals surface area contributed by atoms with Crippen LogP contribution in [0.2, 0.25) is 0 Å². The maximum Gasteiger partial charge on any atom is 0.154 e. The molecule has 0 fully saturated rings. The van der Waals surface area contributed by atoms with Crippen molar-refractivity contribution in [3.8, 4) is 0 Å². The van der Waals surface area contributed by atoms with Gasteiger partial charge >= 0.3 is 0 Å². The zero-order valence-corrected chi connectivity index (χ0v) is 10.3. The zero-order valence-electron chi connectivity index (χ0n) is 8.65. The van der Waals surface area contributed by atoms with E-state index in [2.05, 4.69) is 4.98 Å². The van der Waals surface area contributed by atoms with E-state index in [1.54, 1.807) is 23.1 Å². The maximum absolute atomic E-state index is 5.99. The summed E-state index contributed by atoms with van der Waals surface area (Å²) in [7, 11) is 0. The lowest BCUT2D eigenvalue weighted by atomic mass is 10.2. The molecule has 0 unspecified atom stereocenters. The van der Waals surface area contributed by atoms with Crippen molar-refractivity contribution in [2.24, 2.45) is 0 Å². The normalized spacial score (nSPS) is 10.5. The fourth-order valence-corrected chi connectivity index (χ4v) is 3.14. The summed E-state index contributed by atoms with van der Waals surface area (Å²) in [6.45, 7) is 4.02. The van der Waals surface area contributed by atoms with Gasteiger partial charge in [-0.2, -0.15) is 0 Å². The maximum atomic E-state index is 5.99. The minimum absolute atomic E-state index is 0.857. The number of hydrogen-bond donors (Lipinski definition) is 1. The van der Waals surface area contributed by atoms with E-state index in [0.717, 1.165) is 26.2 Å². The number of para-hydroxylation sites is 1. The fraction of sp³-hybridized carbons (Fsp3) is 0.182. The van der Waals surface area contributed by atoms with Gasteiger partial charge in [0.1, 0.15) is 0 Å². The summed E-state index contributed by atoms with van der Waals surface area (Å²) in [6.07, 6.45) is 0. The van der Waals surface area contributed by atoms with Gasteiger partial charge in [-0.1, -0.05) is 23.9 Å². The van der Waals surface area contributed by atoms with Gasteiger partial charge in [0, 0.05) is 21.7 Å². The third-order valence-corrected chi connectivity index (χ3v) is 4.21. The molecule has 0 aliphatic carbocycles. The number of nitrogen functional groups attached to an aromatic ring is 1. The Morgan fingerprint density at radius 3 is 2.80 bits per heavy atom. The quantitative estimate of drug-likeness (QED) is 0.811. The highest BCUT2D eigenvalue weighted by molar-refractivity contribution is 8.01. The van der Waals surface area contributed by atoms with E-state index in [0.29, 0.717) is 0 Å². The molecule has 0 amide bonds. The first-order valence-electron chi connectivity index (χ1n) is 4.62. The lowest BCUT2D eigenvalue weighted by molar-refractivity contribution is 1.16. The van der Waals surface area contributed by atoms with Gasteiger partial charge < -0.3 is 5.73 Å². The lowest BCUT2D eigenvalue weighted by Gasteiger charge is -2.05. The Balaban J connectivity index is 2.28. The SMILES string of the molecule is Cc1csc(Sc2cccc(C)c2N)n1. The molecule has 0 atom stereocenters. The van der Waals surface area contributed by atoms with E-state index in [-0.39, 0.29) is 0 Å². The van der Waals surface area contributed by atoms with E-state index in [1.165, 1.54) is 0 Å². The van der Waals surface area contributed by atoms with Crippen molar-refractivity contribution in [3.63, 3.8) is 0 Å². The number of rotatable bonds is 2.